The number of fused-ring (bicyclic) bond motifs is 1. The monoisotopic (exact) mass is 438 g/mol. The normalized spacial score (nSPS) is 30.9. The van der Waals surface area contributed by atoms with Crippen LogP contribution in [0.5, 0.6) is 0 Å². The molecule has 2 heterocycles. The second-order valence-corrected chi connectivity index (χ2v) is 9.61. The number of unbranched alkanes of at least 4 members (excludes halogenated alkanes) is 1. The number of carbonyl (C=O) groups is 3. The van der Waals surface area contributed by atoms with Gasteiger partial charge in [0.2, 0.25) is 11.8 Å². The first-order chi connectivity index (χ1) is 15.5. The third-order valence-corrected chi connectivity index (χ3v) is 7.53. The summed E-state index contributed by atoms with van der Waals surface area (Å²) in [5.41, 5.74) is -0.419. The van der Waals surface area contributed by atoms with Gasteiger partial charge in [0.1, 0.15) is 5.54 Å². The van der Waals surface area contributed by atoms with Gasteiger partial charge in [-0.15, -0.1) is 0 Å². The van der Waals surface area contributed by atoms with Crippen LogP contribution in [0.1, 0.15) is 63.9 Å². The molecule has 0 bridgehead atoms. The highest BCUT2D eigenvalue weighted by atomic mass is 16.4. The Kier molecular flexibility index (Phi) is 6.79. The number of nitrogens with one attached hydrogen (secondary N) is 1. The molecule has 172 valence electrons. The Labute approximate surface area is 190 Å². The Bertz CT molecular complexity index is 877. The minimum Gasteiger partial charge on any atom is -0.480 e. The Morgan fingerprint density at radius 2 is 1.88 bits per heavy atom. The molecule has 0 aromatic heterocycles. The highest BCUT2D eigenvalue weighted by Crippen LogP contribution is 2.47. The molecule has 1 aromatic carbocycles. The van der Waals surface area contributed by atoms with Crippen LogP contribution in [0, 0.1) is 17.8 Å². The number of benzene rings is 1. The van der Waals surface area contributed by atoms with Crippen LogP contribution in [-0.2, 0) is 14.4 Å². The zero-order chi connectivity index (χ0) is 22.7. The van der Waals surface area contributed by atoms with E-state index < -0.39 is 29.4 Å². The van der Waals surface area contributed by atoms with Crippen LogP contribution in [0.4, 0.5) is 0 Å². The molecular weight excluding hydrogens is 404 g/mol. The molecular formula is C26H34N2O4. The zero-order valence-electron chi connectivity index (χ0n) is 18.8. The SMILES string of the molecule is CCCCN1C(=O)C2C(/C=C/c3ccccc3)NC(CC3CCCCC3)(C(=O)O)C2C1=O. The average molecular weight is 439 g/mol. The number of imide groups is 1. The molecule has 0 spiro atoms. The second kappa shape index (κ2) is 9.57. The first kappa shape index (κ1) is 22.7. The van der Waals surface area contributed by atoms with Crippen molar-refractivity contribution in [1.82, 2.24) is 10.2 Å². The molecule has 6 heteroatoms. The van der Waals surface area contributed by atoms with Crippen molar-refractivity contribution in [2.75, 3.05) is 6.54 Å². The van der Waals surface area contributed by atoms with Crippen molar-refractivity contribution in [3.05, 3.63) is 42.0 Å². The summed E-state index contributed by atoms with van der Waals surface area (Å²) in [5.74, 6) is -2.80. The number of carboxylic acids is 1. The second-order valence-electron chi connectivity index (χ2n) is 9.61. The molecule has 2 aliphatic heterocycles. The van der Waals surface area contributed by atoms with Gasteiger partial charge < -0.3 is 5.11 Å². The summed E-state index contributed by atoms with van der Waals surface area (Å²) in [6.45, 7) is 2.39. The fourth-order valence-electron chi connectivity index (χ4n) is 5.91. The molecule has 2 N–H and O–H groups in total. The molecule has 4 rings (SSSR count). The van der Waals surface area contributed by atoms with Crippen LogP contribution in [-0.4, -0.2) is 45.9 Å². The minimum atomic E-state index is -1.40. The summed E-state index contributed by atoms with van der Waals surface area (Å²) < 4.78 is 0. The number of hydrogen-bond acceptors (Lipinski definition) is 4. The van der Waals surface area contributed by atoms with Gasteiger partial charge in [0.15, 0.2) is 0 Å². The lowest BCUT2D eigenvalue weighted by Crippen LogP contribution is -2.57. The maximum Gasteiger partial charge on any atom is 0.324 e. The van der Waals surface area contributed by atoms with Gasteiger partial charge in [0.25, 0.3) is 0 Å². The van der Waals surface area contributed by atoms with Gasteiger partial charge in [-0.25, -0.2) is 0 Å². The highest BCUT2D eigenvalue weighted by molar-refractivity contribution is 6.09. The molecule has 3 fully saturated rings. The number of hydrogen-bond donors (Lipinski definition) is 2. The lowest BCUT2D eigenvalue weighted by Gasteiger charge is -2.35. The zero-order valence-corrected chi connectivity index (χ0v) is 18.8. The van der Waals surface area contributed by atoms with Crippen LogP contribution < -0.4 is 5.32 Å². The van der Waals surface area contributed by atoms with E-state index in [0.717, 1.165) is 44.1 Å². The van der Waals surface area contributed by atoms with E-state index in [4.69, 9.17) is 0 Å². The van der Waals surface area contributed by atoms with E-state index in [1.54, 1.807) is 0 Å². The Morgan fingerprint density at radius 1 is 1.16 bits per heavy atom. The van der Waals surface area contributed by atoms with Gasteiger partial charge in [0.05, 0.1) is 11.8 Å². The molecule has 1 aliphatic carbocycles. The quantitative estimate of drug-likeness (QED) is 0.602. The van der Waals surface area contributed by atoms with Gasteiger partial charge in [-0.2, -0.15) is 0 Å². The summed E-state index contributed by atoms with van der Waals surface area (Å²) in [5, 5.41) is 13.7. The number of rotatable bonds is 8. The lowest BCUT2D eigenvalue weighted by molar-refractivity contribution is -0.152. The average Bonchev–Trinajstić information content (AvgIpc) is 3.26. The number of likely N-dealkylation sites (tertiary alicyclic amines) is 1. The van der Waals surface area contributed by atoms with E-state index in [0.29, 0.717) is 13.0 Å². The van der Waals surface area contributed by atoms with Gasteiger partial charge in [-0.05, 0) is 24.3 Å². The van der Waals surface area contributed by atoms with E-state index >= 15 is 0 Å². The lowest BCUT2D eigenvalue weighted by atomic mass is 9.72. The van der Waals surface area contributed by atoms with Crippen molar-refractivity contribution < 1.29 is 19.5 Å². The fourth-order valence-corrected chi connectivity index (χ4v) is 5.91. The topological polar surface area (TPSA) is 86.7 Å². The largest absolute Gasteiger partial charge is 0.480 e. The third-order valence-electron chi connectivity index (χ3n) is 7.53. The summed E-state index contributed by atoms with van der Waals surface area (Å²) >= 11 is 0. The maximum absolute atomic E-state index is 13.5. The van der Waals surface area contributed by atoms with Crippen LogP contribution in [0.25, 0.3) is 6.08 Å². The number of carbonyl (C=O) groups excluding carboxylic acids is 2. The van der Waals surface area contributed by atoms with Crippen LogP contribution in [0.2, 0.25) is 0 Å². The summed E-state index contributed by atoms with van der Waals surface area (Å²) in [4.78, 5) is 40.9. The number of nitrogens with zero attached hydrogens (tertiary/aromatic N) is 1. The standard InChI is InChI=1S/C26H34N2O4/c1-2-3-16-28-23(29)21-20(15-14-18-10-6-4-7-11-18)27-26(25(31)32,22(21)24(28)30)17-19-12-8-5-9-13-19/h4,6-7,10-11,14-15,19-22,27H,2-3,5,8-9,12-13,16-17H2,1H3,(H,31,32)/b15-14+. The van der Waals surface area contributed by atoms with E-state index in [9.17, 15) is 19.5 Å². The van der Waals surface area contributed by atoms with Gasteiger partial charge in [0, 0.05) is 12.6 Å². The molecule has 2 amide bonds. The predicted molar refractivity (Wildman–Crippen MR) is 123 cm³/mol. The Hall–Kier alpha value is -2.47. The van der Waals surface area contributed by atoms with Crippen molar-refractivity contribution in [2.24, 2.45) is 17.8 Å². The molecule has 6 nitrogen and oxygen atoms in total. The van der Waals surface area contributed by atoms with Crippen molar-refractivity contribution in [2.45, 2.75) is 69.9 Å². The summed E-state index contributed by atoms with van der Waals surface area (Å²) in [6.07, 6.45) is 11.2. The Balaban J connectivity index is 1.69. The number of amides is 2. The van der Waals surface area contributed by atoms with Gasteiger partial charge >= 0.3 is 5.97 Å². The van der Waals surface area contributed by atoms with Crippen LogP contribution >= 0.6 is 0 Å². The van der Waals surface area contributed by atoms with E-state index in [1.165, 1.54) is 11.3 Å². The first-order valence-corrected chi connectivity index (χ1v) is 12.1. The van der Waals surface area contributed by atoms with Gasteiger partial charge in [-0.3, -0.25) is 24.6 Å². The van der Waals surface area contributed by atoms with Crippen molar-refractivity contribution in [3.63, 3.8) is 0 Å². The molecule has 32 heavy (non-hydrogen) atoms. The van der Waals surface area contributed by atoms with Gasteiger partial charge in [-0.1, -0.05) is 87.9 Å². The molecule has 1 saturated carbocycles. The maximum atomic E-state index is 13.5. The van der Waals surface area contributed by atoms with E-state index in [2.05, 4.69) is 5.32 Å². The third kappa shape index (κ3) is 4.13. The molecule has 4 unspecified atom stereocenters. The smallest absolute Gasteiger partial charge is 0.324 e. The molecule has 4 atom stereocenters. The molecule has 3 aliphatic rings. The predicted octanol–water partition coefficient (Wildman–Crippen LogP) is 3.87. The van der Waals surface area contributed by atoms with Crippen LogP contribution in [0.15, 0.2) is 36.4 Å². The first-order valence-electron chi connectivity index (χ1n) is 12.1. The fraction of sp³-hybridized carbons (Fsp3) is 0.577. The molecule has 1 aromatic rings. The van der Waals surface area contributed by atoms with Crippen molar-refractivity contribution in [3.8, 4) is 0 Å². The van der Waals surface area contributed by atoms with Crippen molar-refractivity contribution in [1.29, 1.82) is 0 Å². The highest BCUT2D eigenvalue weighted by Gasteiger charge is 2.67. The number of carboxylic acid groups (broad SMARTS) is 1. The summed E-state index contributed by atoms with van der Waals surface area (Å²) in [7, 11) is 0. The minimum absolute atomic E-state index is 0.226. The summed E-state index contributed by atoms with van der Waals surface area (Å²) in [6, 6.07) is 9.25. The Morgan fingerprint density at radius 3 is 2.53 bits per heavy atom. The number of aliphatic carboxylic acids is 1. The van der Waals surface area contributed by atoms with Crippen LogP contribution in [0.3, 0.4) is 0 Å². The van der Waals surface area contributed by atoms with E-state index in [1.807, 2.05) is 49.4 Å². The van der Waals surface area contributed by atoms with E-state index in [-0.39, 0.29) is 17.7 Å². The molecule has 0 radical (unpaired) electrons. The molecule has 2 saturated heterocycles. The van der Waals surface area contributed by atoms with Crippen molar-refractivity contribution >= 4 is 23.9 Å².